The Labute approximate surface area is 105 Å². The molecular weight excluding hydrogens is 241 g/mol. The quantitative estimate of drug-likeness (QED) is 0.877. The molecule has 0 bridgehead atoms. The standard InChI is InChI=1S/C13H17F3N2/c1-17-12(13(14,15)16)7-9-18(10-8-12)11-5-3-2-4-6-11/h2-6,17H,7-10H2,1H3. The summed E-state index contributed by atoms with van der Waals surface area (Å²) in [5.74, 6) is 0. The van der Waals surface area contributed by atoms with Gasteiger partial charge >= 0.3 is 6.18 Å². The van der Waals surface area contributed by atoms with Gasteiger partial charge in [-0.15, -0.1) is 0 Å². The molecule has 0 aromatic heterocycles. The van der Waals surface area contributed by atoms with Crippen molar-refractivity contribution in [3.63, 3.8) is 0 Å². The van der Waals surface area contributed by atoms with Gasteiger partial charge in [0.25, 0.3) is 0 Å². The Morgan fingerprint density at radius 3 is 2.11 bits per heavy atom. The van der Waals surface area contributed by atoms with Crippen LogP contribution in [0, 0.1) is 0 Å². The summed E-state index contributed by atoms with van der Waals surface area (Å²) in [4.78, 5) is 2.00. The van der Waals surface area contributed by atoms with Crippen molar-refractivity contribution in [2.75, 3.05) is 25.0 Å². The van der Waals surface area contributed by atoms with Crippen molar-refractivity contribution in [3.05, 3.63) is 30.3 Å². The topological polar surface area (TPSA) is 15.3 Å². The molecule has 0 atom stereocenters. The van der Waals surface area contributed by atoms with Crippen molar-refractivity contribution in [1.82, 2.24) is 5.32 Å². The third-order valence-electron chi connectivity index (χ3n) is 3.76. The maximum atomic E-state index is 13.0. The fourth-order valence-electron chi connectivity index (χ4n) is 2.46. The van der Waals surface area contributed by atoms with Crippen LogP contribution in [0.5, 0.6) is 0 Å². The minimum Gasteiger partial charge on any atom is -0.371 e. The fourth-order valence-corrected chi connectivity index (χ4v) is 2.46. The highest BCUT2D eigenvalue weighted by atomic mass is 19.4. The Balaban J connectivity index is 2.08. The van der Waals surface area contributed by atoms with Gasteiger partial charge < -0.3 is 10.2 Å². The number of benzene rings is 1. The van der Waals surface area contributed by atoms with Crippen LogP contribution in [-0.2, 0) is 0 Å². The maximum absolute atomic E-state index is 13.0. The Bertz CT molecular complexity index is 381. The Morgan fingerprint density at radius 2 is 1.67 bits per heavy atom. The van der Waals surface area contributed by atoms with Crippen LogP contribution in [-0.4, -0.2) is 31.9 Å². The van der Waals surface area contributed by atoms with Gasteiger partial charge in [0.1, 0.15) is 5.54 Å². The summed E-state index contributed by atoms with van der Waals surface area (Å²) in [5.41, 5.74) is -0.734. The highest BCUT2D eigenvalue weighted by Gasteiger charge is 2.54. The minimum atomic E-state index is -4.19. The van der Waals surface area contributed by atoms with Crippen LogP contribution in [0.1, 0.15) is 12.8 Å². The van der Waals surface area contributed by atoms with E-state index in [4.69, 9.17) is 0 Å². The first-order valence-electron chi connectivity index (χ1n) is 6.04. The molecule has 100 valence electrons. The molecule has 2 nitrogen and oxygen atoms in total. The van der Waals surface area contributed by atoms with Crippen LogP contribution in [0.25, 0.3) is 0 Å². The molecule has 0 spiro atoms. The predicted octanol–water partition coefficient (Wildman–Crippen LogP) is 2.81. The molecule has 18 heavy (non-hydrogen) atoms. The molecule has 0 radical (unpaired) electrons. The average molecular weight is 258 g/mol. The van der Waals surface area contributed by atoms with Gasteiger partial charge in [0.15, 0.2) is 0 Å². The van der Waals surface area contributed by atoms with Crippen molar-refractivity contribution in [2.24, 2.45) is 0 Å². The number of nitrogens with zero attached hydrogens (tertiary/aromatic N) is 1. The lowest BCUT2D eigenvalue weighted by Crippen LogP contribution is -2.61. The fraction of sp³-hybridized carbons (Fsp3) is 0.538. The van der Waals surface area contributed by atoms with Crippen LogP contribution in [0.3, 0.4) is 0 Å². The van der Waals surface area contributed by atoms with Crippen LogP contribution in [0.4, 0.5) is 18.9 Å². The summed E-state index contributed by atoms with van der Waals surface area (Å²) >= 11 is 0. The second-order valence-corrected chi connectivity index (χ2v) is 4.65. The first kappa shape index (κ1) is 13.2. The van der Waals surface area contributed by atoms with E-state index in [1.807, 2.05) is 35.2 Å². The van der Waals surface area contributed by atoms with Crippen LogP contribution < -0.4 is 10.2 Å². The van der Waals surface area contributed by atoms with E-state index >= 15 is 0 Å². The van der Waals surface area contributed by atoms with Crippen LogP contribution >= 0.6 is 0 Å². The van der Waals surface area contributed by atoms with E-state index < -0.39 is 11.7 Å². The monoisotopic (exact) mass is 258 g/mol. The molecule has 0 unspecified atom stereocenters. The van der Waals surface area contributed by atoms with Crippen molar-refractivity contribution in [2.45, 2.75) is 24.6 Å². The summed E-state index contributed by atoms with van der Waals surface area (Å²) in [5, 5.41) is 2.48. The second kappa shape index (κ2) is 4.80. The van der Waals surface area contributed by atoms with Crippen molar-refractivity contribution < 1.29 is 13.2 Å². The SMILES string of the molecule is CNC1(C(F)(F)F)CCN(c2ccccc2)CC1. The number of para-hydroxylation sites is 1. The van der Waals surface area contributed by atoms with Gasteiger partial charge in [-0.2, -0.15) is 13.2 Å². The zero-order chi connectivity index (χ0) is 13.2. The lowest BCUT2D eigenvalue weighted by Gasteiger charge is -2.43. The minimum absolute atomic E-state index is 0.0852. The molecule has 1 aliphatic heterocycles. The normalized spacial score (nSPS) is 19.9. The number of alkyl halides is 3. The summed E-state index contributed by atoms with van der Waals surface area (Å²) in [7, 11) is 1.39. The molecule has 0 saturated carbocycles. The molecule has 0 aliphatic carbocycles. The van der Waals surface area contributed by atoms with Gasteiger partial charge in [-0.05, 0) is 32.0 Å². The van der Waals surface area contributed by atoms with Gasteiger partial charge in [-0.25, -0.2) is 0 Å². The highest BCUT2D eigenvalue weighted by Crippen LogP contribution is 2.39. The number of piperidine rings is 1. The zero-order valence-electron chi connectivity index (χ0n) is 10.3. The lowest BCUT2D eigenvalue weighted by molar-refractivity contribution is -0.200. The van der Waals surface area contributed by atoms with E-state index in [1.54, 1.807) is 0 Å². The summed E-state index contributed by atoms with van der Waals surface area (Å²) in [6, 6.07) is 9.57. The predicted molar refractivity (Wildman–Crippen MR) is 65.7 cm³/mol. The Kier molecular flexibility index (Phi) is 3.52. The molecule has 1 aromatic rings. The lowest BCUT2D eigenvalue weighted by atomic mass is 9.86. The third-order valence-corrected chi connectivity index (χ3v) is 3.76. The second-order valence-electron chi connectivity index (χ2n) is 4.65. The molecule has 1 aliphatic rings. The van der Waals surface area contributed by atoms with Crippen LogP contribution in [0.2, 0.25) is 0 Å². The molecule has 0 amide bonds. The summed E-state index contributed by atoms with van der Waals surface area (Å²) in [6.45, 7) is 0.842. The smallest absolute Gasteiger partial charge is 0.371 e. The summed E-state index contributed by atoms with van der Waals surface area (Å²) < 4.78 is 39.1. The van der Waals surface area contributed by atoms with Gasteiger partial charge in [0.05, 0.1) is 0 Å². The van der Waals surface area contributed by atoms with Gasteiger partial charge in [-0.3, -0.25) is 0 Å². The van der Waals surface area contributed by atoms with E-state index in [-0.39, 0.29) is 12.8 Å². The molecule has 1 saturated heterocycles. The third kappa shape index (κ3) is 2.32. The molecule has 2 rings (SSSR count). The van der Waals surface area contributed by atoms with E-state index in [2.05, 4.69) is 5.32 Å². The van der Waals surface area contributed by atoms with Gasteiger partial charge in [0, 0.05) is 18.8 Å². The number of nitrogens with one attached hydrogen (secondary N) is 1. The number of rotatable bonds is 2. The molecule has 5 heteroatoms. The summed E-state index contributed by atoms with van der Waals surface area (Å²) in [6.07, 6.45) is -4.02. The van der Waals surface area contributed by atoms with Gasteiger partial charge in [-0.1, -0.05) is 18.2 Å². The van der Waals surface area contributed by atoms with Crippen molar-refractivity contribution in [3.8, 4) is 0 Å². The van der Waals surface area contributed by atoms with Crippen molar-refractivity contribution >= 4 is 5.69 Å². The molecule has 1 heterocycles. The number of anilines is 1. The van der Waals surface area contributed by atoms with Crippen LogP contribution in [0.15, 0.2) is 30.3 Å². The first-order chi connectivity index (χ1) is 8.48. The van der Waals surface area contributed by atoms with E-state index in [0.29, 0.717) is 13.1 Å². The average Bonchev–Trinajstić information content (AvgIpc) is 2.38. The van der Waals surface area contributed by atoms with E-state index in [0.717, 1.165) is 5.69 Å². The molecule has 1 fully saturated rings. The van der Waals surface area contributed by atoms with E-state index in [1.165, 1.54) is 7.05 Å². The van der Waals surface area contributed by atoms with Gasteiger partial charge in [0.2, 0.25) is 0 Å². The van der Waals surface area contributed by atoms with Crippen molar-refractivity contribution in [1.29, 1.82) is 0 Å². The first-order valence-corrected chi connectivity index (χ1v) is 6.04. The Morgan fingerprint density at radius 1 is 1.11 bits per heavy atom. The van der Waals surface area contributed by atoms with E-state index in [9.17, 15) is 13.2 Å². The number of hydrogen-bond acceptors (Lipinski definition) is 2. The Hall–Kier alpha value is -1.23. The highest BCUT2D eigenvalue weighted by molar-refractivity contribution is 5.46. The largest absolute Gasteiger partial charge is 0.406 e. The maximum Gasteiger partial charge on any atom is 0.406 e. The zero-order valence-corrected chi connectivity index (χ0v) is 10.3. The molecule has 1 aromatic carbocycles. The molecular formula is C13H17F3N2. The number of halogens is 3. The number of hydrogen-bond donors (Lipinski definition) is 1. The molecule has 1 N–H and O–H groups in total.